The van der Waals surface area contributed by atoms with E-state index in [4.69, 9.17) is 4.74 Å². The highest BCUT2D eigenvalue weighted by Crippen LogP contribution is 2.43. The number of ether oxygens (including phenoxy) is 1. The quantitative estimate of drug-likeness (QED) is 0.757. The van der Waals surface area contributed by atoms with E-state index < -0.39 is 17.8 Å². The first kappa shape index (κ1) is 12.4. The summed E-state index contributed by atoms with van der Waals surface area (Å²) in [6.45, 7) is 4.59. The number of hydrogen-bond donors (Lipinski definition) is 2. The minimum Gasteiger partial charge on any atom is -0.481 e. The molecule has 0 radical (unpaired) electrons. The number of carbonyl (C=O) groups excluding carboxylic acids is 1. The first-order valence-electron chi connectivity index (χ1n) is 6.16. The Morgan fingerprint density at radius 1 is 1.29 bits per heavy atom. The van der Waals surface area contributed by atoms with Gasteiger partial charge in [0.1, 0.15) is 0 Å². The number of hydrogen-bond acceptors (Lipinski definition) is 3. The minimum absolute atomic E-state index is 0.168. The summed E-state index contributed by atoms with van der Waals surface area (Å²) in [4.78, 5) is 23.2. The molecule has 4 atom stereocenters. The van der Waals surface area contributed by atoms with Crippen LogP contribution in [0.25, 0.3) is 0 Å². The van der Waals surface area contributed by atoms with E-state index in [1.165, 1.54) is 0 Å². The van der Waals surface area contributed by atoms with Crippen molar-refractivity contribution in [2.75, 3.05) is 6.54 Å². The Bertz CT molecular complexity index is 328. The summed E-state index contributed by atoms with van der Waals surface area (Å²) in [5.74, 6) is -1.90. The van der Waals surface area contributed by atoms with Gasteiger partial charge in [0.15, 0.2) is 0 Å². The first-order chi connectivity index (χ1) is 8.00. The van der Waals surface area contributed by atoms with Gasteiger partial charge in [0.25, 0.3) is 0 Å². The van der Waals surface area contributed by atoms with Crippen LogP contribution in [0.4, 0.5) is 0 Å². The maximum atomic E-state index is 12.0. The highest BCUT2D eigenvalue weighted by atomic mass is 16.5. The molecule has 0 unspecified atom stereocenters. The molecule has 0 aliphatic carbocycles. The molecule has 17 heavy (non-hydrogen) atoms. The van der Waals surface area contributed by atoms with Crippen molar-refractivity contribution in [1.29, 1.82) is 0 Å². The summed E-state index contributed by atoms with van der Waals surface area (Å²) in [5.41, 5.74) is 0. The molecular weight excluding hydrogens is 222 g/mol. The van der Waals surface area contributed by atoms with Crippen LogP contribution >= 0.6 is 0 Å². The number of aliphatic carboxylic acids is 1. The van der Waals surface area contributed by atoms with Gasteiger partial charge in [0.2, 0.25) is 5.91 Å². The predicted octanol–water partition coefficient (Wildman–Crippen LogP) is 0.637. The lowest BCUT2D eigenvalue weighted by molar-refractivity contribution is -0.147. The van der Waals surface area contributed by atoms with Crippen LogP contribution in [0.15, 0.2) is 0 Å². The molecule has 0 spiro atoms. The second-order valence-electron chi connectivity index (χ2n) is 5.32. The SMILES string of the molecule is CC(C)CNC(=O)[C@@H]1[C@H](C(=O)O)[C@H]2CC[C@H]1O2. The van der Waals surface area contributed by atoms with Crippen molar-refractivity contribution in [2.45, 2.75) is 38.9 Å². The molecule has 2 N–H and O–H groups in total. The van der Waals surface area contributed by atoms with Gasteiger partial charge in [-0.15, -0.1) is 0 Å². The average molecular weight is 241 g/mol. The van der Waals surface area contributed by atoms with E-state index in [1.807, 2.05) is 13.8 Å². The Balaban J connectivity index is 2.03. The van der Waals surface area contributed by atoms with E-state index in [0.29, 0.717) is 12.5 Å². The molecule has 2 rings (SSSR count). The second-order valence-corrected chi connectivity index (χ2v) is 5.32. The molecule has 0 aromatic carbocycles. The van der Waals surface area contributed by atoms with Gasteiger partial charge in [-0.2, -0.15) is 0 Å². The third-order valence-electron chi connectivity index (χ3n) is 3.55. The van der Waals surface area contributed by atoms with Crippen LogP contribution in [0.3, 0.4) is 0 Å². The van der Waals surface area contributed by atoms with Crippen LogP contribution in [0, 0.1) is 17.8 Å². The van der Waals surface area contributed by atoms with Gasteiger partial charge in [-0.25, -0.2) is 0 Å². The standard InChI is InChI=1S/C12H19NO4/c1-6(2)5-13-11(14)9-7-3-4-8(17-7)10(9)12(15)16/h6-10H,3-5H2,1-2H3,(H,13,14)(H,15,16)/t7-,8-,9+,10-/m1/s1. The van der Waals surface area contributed by atoms with Gasteiger partial charge in [0, 0.05) is 6.54 Å². The van der Waals surface area contributed by atoms with E-state index in [2.05, 4.69) is 5.32 Å². The van der Waals surface area contributed by atoms with Gasteiger partial charge >= 0.3 is 5.97 Å². The Kier molecular flexibility index (Phi) is 3.38. The molecule has 0 saturated carbocycles. The fourth-order valence-corrected chi connectivity index (χ4v) is 2.75. The summed E-state index contributed by atoms with van der Waals surface area (Å²) in [6.07, 6.45) is 1.09. The molecule has 2 heterocycles. The van der Waals surface area contributed by atoms with Crippen LogP contribution in [0.2, 0.25) is 0 Å². The van der Waals surface area contributed by atoms with Crippen molar-refractivity contribution in [3.05, 3.63) is 0 Å². The van der Waals surface area contributed by atoms with Crippen LogP contribution in [-0.4, -0.2) is 35.7 Å². The molecule has 2 saturated heterocycles. The molecule has 2 aliphatic rings. The smallest absolute Gasteiger partial charge is 0.310 e. The zero-order valence-electron chi connectivity index (χ0n) is 10.2. The lowest BCUT2D eigenvalue weighted by Crippen LogP contribution is -2.44. The summed E-state index contributed by atoms with van der Waals surface area (Å²) in [7, 11) is 0. The largest absolute Gasteiger partial charge is 0.481 e. The maximum Gasteiger partial charge on any atom is 0.310 e. The first-order valence-corrected chi connectivity index (χ1v) is 6.16. The Morgan fingerprint density at radius 2 is 1.88 bits per heavy atom. The van der Waals surface area contributed by atoms with Crippen molar-refractivity contribution in [2.24, 2.45) is 17.8 Å². The van der Waals surface area contributed by atoms with Crippen molar-refractivity contribution >= 4 is 11.9 Å². The zero-order chi connectivity index (χ0) is 12.6. The number of rotatable bonds is 4. The van der Waals surface area contributed by atoms with Crippen molar-refractivity contribution in [3.8, 4) is 0 Å². The third-order valence-corrected chi connectivity index (χ3v) is 3.55. The van der Waals surface area contributed by atoms with Gasteiger partial charge in [-0.1, -0.05) is 13.8 Å². The van der Waals surface area contributed by atoms with Crippen LogP contribution in [0.1, 0.15) is 26.7 Å². The van der Waals surface area contributed by atoms with E-state index in [9.17, 15) is 14.7 Å². The molecule has 5 heteroatoms. The lowest BCUT2D eigenvalue weighted by Gasteiger charge is -2.24. The highest BCUT2D eigenvalue weighted by Gasteiger charge is 2.55. The monoisotopic (exact) mass is 241 g/mol. The Labute approximate surface area is 101 Å². The summed E-state index contributed by atoms with van der Waals surface area (Å²) in [5, 5.41) is 12.0. The third kappa shape index (κ3) is 2.29. The van der Waals surface area contributed by atoms with Crippen molar-refractivity contribution in [3.63, 3.8) is 0 Å². The van der Waals surface area contributed by atoms with E-state index in [1.54, 1.807) is 0 Å². The molecule has 0 aromatic heterocycles. The summed E-state index contributed by atoms with van der Waals surface area (Å²) in [6, 6.07) is 0. The van der Waals surface area contributed by atoms with Gasteiger partial charge in [-0.3, -0.25) is 9.59 Å². The summed E-state index contributed by atoms with van der Waals surface area (Å²) >= 11 is 0. The molecule has 96 valence electrons. The fourth-order valence-electron chi connectivity index (χ4n) is 2.75. The van der Waals surface area contributed by atoms with E-state index >= 15 is 0 Å². The maximum absolute atomic E-state index is 12.0. The van der Waals surface area contributed by atoms with Crippen molar-refractivity contribution < 1.29 is 19.4 Å². The predicted molar refractivity (Wildman–Crippen MR) is 60.4 cm³/mol. The molecule has 0 aromatic rings. The number of carboxylic acid groups (broad SMARTS) is 1. The molecule has 2 bridgehead atoms. The second kappa shape index (κ2) is 4.64. The van der Waals surface area contributed by atoms with Crippen molar-refractivity contribution in [1.82, 2.24) is 5.32 Å². The number of nitrogens with one attached hydrogen (secondary N) is 1. The van der Waals surface area contributed by atoms with Gasteiger partial charge in [0.05, 0.1) is 24.0 Å². The zero-order valence-corrected chi connectivity index (χ0v) is 10.2. The van der Waals surface area contributed by atoms with E-state index in [-0.39, 0.29) is 18.1 Å². The summed E-state index contributed by atoms with van der Waals surface area (Å²) < 4.78 is 5.55. The normalized spacial score (nSPS) is 35.2. The van der Waals surface area contributed by atoms with Crippen LogP contribution in [-0.2, 0) is 14.3 Å². The van der Waals surface area contributed by atoms with Crippen LogP contribution in [0.5, 0.6) is 0 Å². The van der Waals surface area contributed by atoms with Gasteiger partial charge < -0.3 is 15.2 Å². The Morgan fingerprint density at radius 3 is 2.41 bits per heavy atom. The van der Waals surface area contributed by atoms with Crippen LogP contribution < -0.4 is 5.32 Å². The number of fused-ring (bicyclic) bond motifs is 2. The minimum atomic E-state index is -0.915. The molecular formula is C12H19NO4. The molecule has 2 fully saturated rings. The molecule has 2 aliphatic heterocycles. The fraction of sp³-hybridized carbons (Fsp3) is 0.833. The number of amides is 1. The average Bonchev–Trinajstić information content (AvgIpc) is 2.84. The van der Waals surface area contributed by atoms with Gasteiger partial charge in [-0.05, 0) is 18.8 Å². The topological polar surface area (TPSA) is 75.6 Å². The van der Waals surface area contributed by atoms with E-state index in [0.717, 1.165) is 12.8 Å². The lowest BCUT2D eigenvalue weighted by atomic mass is 9.78. The highest BCUT2D eigenvalue weighted by molar-refractivity contribution is 5.86. The number of carbonyl (C=O) groups is 2. The molecule has 5 nitrogen and oxygen atoms in total. The Hall–Kier alpha value is -1.10. The molecule has 1 amide bonds. The number of carboxylic acids is 1.